The van der Waals surface area contributed by atoms with Crippen molar-refractivity contribution in [1.82, 2.24) is 20.2 Å². The van der Waals surface area contributed by atoms with E-state index >= 15 is 0 Å². The second-order valence-corrected chi connectivity index (χ2v) is 6.46. The number of anilines is 2. The molecule has 0 saturated carbocycles. The highest BCUT2D eigenvalue weighted by Gasteiger charge is 2.33. The number of carbonyl (C=O) groups is 1. The van der Waals surface area contributed by atoms with Crippen LogP contribution in [-0.4, -0.2) is 54.6 Å². The zero-order valence-corrected chi connectivity index (χ0v) is 14.8. The van der Waals surface area contributed by atoms with Crippen LogP contribution in [0.2, 0.25) is 0 Å². The smallest absolute Gasteiger partial charge is 0.321 e. The summed E-state index contributed by atoms with van der Waals surface area (Å²) in [6.45, 7) is 0.942. The van der Waals surface area contributed by atoms with Crippen LogP contribution in [0.5, 0.6) is 0 Å². The summed E-state index contributed by atoms with van der Waals surface area (Å²) in [4.78, 5) is 24.9. The third-order valence-corrected chi connectivity index (χ3v) is 4.43. The fourth-order valence-corrected chi connectivity index (χ4v) is 3.20. The minimum absolute atomic E-state index is 0.0458. The number of urea groups is 1. The summed E-state index contributed by atoms with van der Waals surface area (Å²) >= 11 is 0. The van der Waals surface area contributed by atoms with Gasteiger partial charge in [-0.1, -0.05) is 30.3 Å². The van der Waals surface area contributed by atoms with Gasteiger partial charge in [0.2, 0.25) is 5.95 Å². The SMILES string of the molecule is CN(C)c1ccnc(NC(=O)NC2CCN(C)C2c2ccccc2)n1. The van der Waals surface area contributed by atoms with Gasteiger partial charge in [-0.3, -0.25) is 10.2 Å². The summed E-state index contributed by atoms with van der Waals surface area (Å²) in [7, 11) is 5.87. The fourth-order valence-electron chi connectivity index (χ4n) is 3.20. The van der Waals surface area contributed by atoms with E-state index in [1.807, 2.05) is 37.2 Å². The van der Waals surface area contributed by atoms with Crippen molar-refractivity contribution >= 4 is 17.8 Å². The largest absolute Gasteiger partial charge is 0.363 e. The molecule has 2 N–H and O–H groups in total. The van der Waals surface area contributed by atoms with Gasteiger partial charge >= 0.3 is 6.03 Å². The Morgan fingerprint density at radius 3 is 2.72 bits per heavy atom. The number of rotatable bonds is 4. The van der Waals surface area contributed by atoms with E-state index in [4.69, 9.17) is 0 Å². The molecule has 3 rings (SSSR count). The molecule has 2 aromatic rings. The molecular formula is C18H24N6O. The molecule has 0 spiro atoms. The highest BCUT2D eigenvalue weighted by molar-refractivity contribution is 5.87. The summed E-state index contributed by atoms with van der Waals surface area (Å²) in [5.74, 6) is 1.04. The first-order valence-electron chi connectivity index (χ1n) is 8.37. The maximum Gasteiger partial charge on any atom is 0.321 e. The Kier molecular flexibility index (Phi) is 5.14. The molecule has 0 aliphatic carbocycles. The van der Waals surface area contributed by atoms with E-state index in [0.717, 1.165) is 18.8 Å². The Bertz CT molecular complexity index is 721. The third kappa shape index (κ3) is 4.06. The highest BCUT2D eigenvalue weighted by Crippen LogP contribution is 2.30. The molecule has 1 saturated heterocycles. The van der Waals surface area contributed by atoms with E-state index in [1.165, 1.54) is 5.56 Å². The maximum atomic E-state index is 12.4. The molecule has 0 bridgehead atoms. The van der Waals surface area contributed by atoms with Crippen LogP contribution in [0.15, 0.2) is 42.6 Å². The molecule has 132 valence electrons. The summed E-state index contributed by atoms with van der Waals surface area (Å²) in [6.07, 6.45) is 2.54. The number of hydrogen-bond acceptors (Lipinski definition) is 5. The lowest BCUT2D eigenvalue weighted by molar-refractivity contribution is 0.240. The van der Waals surface area contributed by atoms with E-state index in [2.05, 4.69) is 44.7 Å². The van der Waals surface area contributed by atoms with Crippen molar-refractivity contribution in [2.45, 2.75) is 18.5 Å². The number of nitrogens with zero attached hydrogens (tertiary/aromatic N) is 4. The van der Waals surface area contributed by atoms with Gasteiger partial charge in [0, 0.05) is 26.8 Å². The monoisotopic (exact) mass is 340 g/mol. The number of likely N-dealkylation sites (tertiary alicyclic amines) is 1. The van der Waals surface area contributed by atoms with Crippen molar-refractivity contribution in [2.75, 3.05) is 37.9 Å². The average Bonchev–Trinajstić information content (AvgIpc) is 2.96. The van der Waals surface area contributed by atoms with Crippen LogP contribution in [0.3, 0.4) is 0 Å². The van der Waals surface area contributed by atoms with Crippen LogP contribution < -0.4 is 15.5 Å². The van der Waals surface area contributed by atoms with Crippen molar-refractivity contribution in [2.24, 2.45) is 0 Å². The molecule has 2 amide bonds. The number of benzene rings is 1. The Labute approximate surface area is 148 Å². The Morgan fingerprint density at radius 2 is 2.00 bits per heavy atom. The molecule has 1 fully saturated rings. The molecule has 7 heteroatoms. The Hall–Kier alpha value is -2.67. The van der Waals surface area contributed by atoms with Gasteiger partial charge in [-0.05, 0) is 25.1 Å². The zero-order chi connectivity index (χ0) is 17.8. The summed E-state index contributed by atoms with van der Waals surface area (Å²) in [5.41, 5.74) is 1.21. The van der Waals surface area contributed by atoms with Crippen molar-refractivity contribution in [1.29, 1.82) is 0 Å². The molecule has 2 heterocycles. The van der Waals surface area contributed by atoms with Crippen LogP contribution in [0.4, 0.5) is 16.6 Å². The molecule has 1 aliphatic rings. The molecule has 7 nitrogen and oxygen atoms in total. The second-order valence-electron chi connectivity index (χ2n) is 6.46. The van der Waals surface area contributed by atoms with Crippen LogP contribution in [0, 0.1) is 0 Å². The lowest BCUT2D eigenvalue weighted by Gasteiger charge is -2.26. The first kappa shape index (κ1) is 17.2. The van der Waals surface area contributed by atoms with Crippen molar-refractivity contribution in [3.8, 4) is 0 Å². The Balaban J connectivity index is 1.67. The van der Waals surface area contributed by atoms with Crippen molar-refractivity contribution < 1.29 is 4.79 Å². The van der Waals surface area contributed by atoms with Gasteiger partial charge in [-0.25, -0.2) is 9.78 Å². The summed E-state index contributed by atoms with van der Waals surface area (Å²) < 4.78 is 0. The fraction of sp³-hybridized carbons (Fsp3) is 0.389. The lowest BCUT2D eigenvalue weighted by atomic mass is 10.0. The minimum Gasteiger partial charge on any atom is -0.363 e. The van der Waals surface area contributed by atoms with Crippen LogP contribution in [-0.2, 0) is 0 Å². The molecule has 25 heavy (non-hydrogen) atoms. The minimum atomic E-state index is -0.280. The average molecular weight is 340 g/mol. The van der Waals surface area contributed by atoms with Crippen LogP contribution in [0.25, 0.3) is 0 Å². The third-order valence-electron chi connectivity index (χ3n) is 4.43. The number of carbonyl (C=O) groups excluding carboxylic acids is 1. The molecule has 2 unspecified atom stereocenters. The second kappa shape index (κ2) is 7.48. The molecular weight excluding hydrogens is 316 g/mol. The summed E-state index contributed by atoms with van der Waals surface area (Å²) in [6, 6.07) is 12.0. The highest BCUT2D eigenvalue weighted by atomic mass is 16.2. The van der Waals surface area contributed by atoms with Gasteiger partial charge < -0.3 is 10.2 Å². The van der Waals surface area contributed by atoms with Gasteiger partial charge in [0.05, 0.1) is 12.1 Å². The van der Waals surface area contributed by atoms with Gasteiger partial charge in [-0.15, -0.1) is 0 Å². The summed E-state index contributed by atoms with van der Waals surface area (Å²) in [5, 5.41) is 5.80. The molecule has 1 aromatic heterocycles. The van der Waals surface area contributed by atoms with Crippen LogP contribution >= 0.6 is 0 Å². The van der Waals surface area contributed by atoms with Gasteiger partial charge in [-0.2, -0.15) is 4.98 Å². The maximum absolute atomic E-state index is 12.4. The standard InChI is InChI=1S/C18H24N6O/c1-23(2)15-9-11-19-17(21-15)22-18(25)20-14-10-12-24(3)16(14)13-7-5-4-6-8-13/h4-9,11,14,16H,10,12H2,1-3H3,(H2,19,20,21,22,25). The van der Waals surface area contributed by atoms with Gasteiger partial charge in [0.25, 0.3) is 0 Å². The van der Waals surface area contributed by atoms with E-state index in [1.54, 1.807) is 12.3 Å². The topological polar surface area (TPSA) is 73.4 Å². The van der Waals surface area contributed by atoms with E-state index in [0.29, 0.717) is 5.95 Å². The number of likely N-dealkylation sites (N-methyl/N-ethyl adjacent to an activating group) is 1. The lowest BCUT2D eigenvalue weighted by Crippen LogP contribution is -2.41. The van der Waals surface area contributed by atoms with Gasteiger partial charge in [0.15, 0.2) is 0 Å². The molecule has 2 atom stereocenters. The van der Waals surface area contributed by atoms with E-state index in [-0.39, 0.29) is 18.1 Å². The number of hydrogen-bond donors (Lipinski definition) is 2. The van der Waals surface area contributed by atoms with E-state index in [9.17, 15) is 4.79 Å². The Morgan fingerprint density at radius 1 is 1.24 bits per heavy atom. The van der Waals surface area contributed by atoms with Crippen LogP contribution in [0.1, 0.15) is 18.0 Å². The van der Waals surface area contributed by atoms with Crippen molar-refractivity contribution in [3.05, 3.63) is 48.2 Å². The predicted molar refractivity (Wildman–Crippen MR) is 98.7 cm³/mol. The number of aromatic nitrogens is 2. The number of amides is 2. The predicted octanol–water partition coefficient (Wildman–Crippen LogP) is 2.11. The van der Waals surface area contributed by atoms with Crippen molar-refractivity contribution in [3.63, 3.8) is 0 Å². The van der Waals surface area contributed by atoms with E-state index < -0.39 is 0 Å². The zero-order valence-electron chi connectivity index (χ0n) is 14.8. The molecule has 0 radical (unpaired) electrons. The first-order valence-corrected chi connectivity index (χ1v) is 8.37. The molecule has 1 aromatic carbocycles. The first-order chi connectivity index (χ1) is 12.0. The quantitative estimate of drug-likeness (QED) is 0.892. The molecule has 1 aliphatic heterocycles. The normalized spacial score (nSPS) is 20.3. The number of nitrogens with one attached hydrogen (secondary N) is 2. The van der Waals surface area contributed by atoms with Gasteiger partial charge in [0.1, 0.15) is 5.82 Å².